The predicted octanol–water partition coefficient (Wildman–Crippen LogP) is 3.83. The highest BCUT2D eigenvalue weighted by Gasteiger charge is 2.34. The summed E-state index contributed by atoms with van der Waals surface area (Å²) in [4.78, 5) is 37.6. The van der Waals surface area contributed by atoms with Crippen LogP contribution in [0.25, 0.3) is 0 Å². The number of imide groups is 1. The van der Waals surface area contributed by atoms with E-state index in [1.54, 1.807) is 31.2 Å². The smallest absolute Gasteiger partial charge is 0.261 e. The highest BCUT2D eigenvalue weighted by atomic mass is 16.2. The Morgan fingerprint density at radius 1 is 1.04 bits per heavy atom. The lowest BCUT2D eigenvalue weighted by Crippen LogP contribution is -2.29. The summed E-state index contributed by atoms with van der Waals surface area (Å²) in [6.07, 6.45) is 2.36. The number of anilines is 1. The Bertz CT molecular complexity index is 854. The van der Waals surface area contributed by atoms with Crippen molar-refractivity contribution in [3.63, 3.8) is 0 Å². The van der Waals surface area contributed by atoms with Crippen molar-refractivity contribution in [3.8, 4) is 0 Å². The highest BCUT2D eigenvalue weighted by molar-refractivity contribution is 6.21. The zero-order valence-corrected chi connectivity index (χ0v) is 15.7. The first kappa shape index (κ1) is 18.8. The Balaban J connectivity index is 1.77. The Morgan fingerprint density at radius 2 is 1.70 bits per heavy atom. The summed E-state index contributed by atoms with van der Waals surface area (Å²) in [5, 5.41) is 3.31. The summed E-state index contributed by atoms with van der Waals surface area (Å²) in [6.45, 7) is 4.55. The number of Topliss-reactive ketones (excluding diaryl/α,β-unsaturated/α-hetero) is 1. The average Bonchev–Trinajstić information content (AvgIpc) is 2.89. The first-order valence-electron chi connectivity index (χ1n) is 9.31. The van der Waals surface area contributed by atoms with Crippen LogP contribution >= 0.6 is 0 Å². The molecule has 0 radical (unpaired) electrons. The van der Waals surface area contributed by atoms with Gasteiger partial charge in [0.2, 0.25) is 0 Å². The molecular formula is C22H24N2O3. The first-order valence-corrected chi connectivity index (χ1v) is 9.31. The topological polar surface area (TPSA) is 66.5 Å². The molecule has 0 spiro atoms. The van der Waals surface area contributed by atoms with Crippen LogP contribution in [-0.2, 0) is 17.8 Å². The molecule has 2 aromatic carbocycles. The van der Waals surface area contributed by atoms with Gasteiger partial charge in [-0.25, -0.2) is 0 Å². The normalized spacial score (nSPS) is 13.0. The van der Waals surface area contributed by atoms with E-state index < -0.39 is 0 Å². The van der Waals surface area contributed by atoms with E-state index in [1.807, 2.05) is 18.2 Å². The molecule has 0 saturated heterocycles. The summed E-state index contributed by atoms with van der Waals surface area (Å²) in [5.41, 5.74) is 4.00. The lowest BCUT2D eigenvalue weighted by Gasteiger charge is -2.17. The van der Waals surface area contributed by atoms with Gasteiger partial charge in [0.15, 0.2) is 0 Å². The van der Waals surface area contributed by atoms with Gasteiger partial charge in [-0.15, -0.1) is 0 Å². The molecule has 3 rings (SSSR count). The van der Waals surface area contributed by atoms with Gasteiger partial charge in [-0.05, 0) is 42.7 Å². The second-order valence-corrected chi connectivity index (χ2v) is 6.86. The minimum atomic E-state index is -0.240. The molecule has 0 unspecified atom stereocenters. The van der Waals surface area contributed by atoms with Gasteiger partial charge in [0, 0.05) is 18.7 Å². The van der Waals surface area contributed by atoms with Gasteiger partial charge in [0.05, 0.1) is 17.7 Å². The van der Waals surface area contributed by atoms with Crippen molar-refractivity contribution in [1.82, 2.24) is 4.90 Å². The Kier molecular flexibility index (Phi) is 5.69. The van der Waals surface area contributed by atoms with E-state index >= 15 is 0 Å². The third-order valence-corrected chi connectivity index (χ3v) is 4.70. The summed E-state index contributed by atoms with van der Waals surface area (Å²) in [6, 6.07) is 12.9. The predicted molar refractivity (Wildman–Crippen MR) is 105 cm³/mol. The van der Waals surface area contributed by atoms with Crippen molar-refractivity contribution in [2.75, 3.05) is 11.9 Å². The Morgan fingerprint density at radius 3 is 2.30 bits per heavy atom. The van der Waals surface area contributed by atoms with E-state index in [-0.39, 0.29) is 24.1 Å². The number of hydrogen-bond acceptors (Lipinski definition) is 4. The second kappa shape index (κ2) is 8.16. The molecule has 0 saturated carbocycles. The van der Waals surface area contributed by atoms with E-state index in [4.69, 9.17) is 0 Å². The van der Waals surface area contributed by atoms with Crippen molar-refractivity contribution in [3.05, 3.63) is 64.7 Å². The second-order valence-electron chi connectivity index (χ2n) is 6.86. The fraction of sp³-hybridized carbons (Fsp3) is 0.318. The number of carbonyl (C=O) groups is 3. The van der Waals surface area contributed by atoms with Gasteiger partial charge >= 0.3 is 0 Å². The van der Waals surface area contributed by atoms with Crippen LogP contribution in [0.3, 0.4) is 0 Å². The zero-order valence-electron chi connectivity index (χ0n) is 15.7. The summed E-state index contributed by atoms with van der Waals surface area (Å²) in [5.74, 6) is -0.325. The van der Waals surface area contributed by atoms with Crippen molar-refractivity contribution in [2.24, 2.45) is 0 Å². The molecule has 1 aliphatic heterocycles. The number of amides is 2. The van der Waals surface area contributed by atoms with E-state index in [1.165, 1.54) is 4.90 Å². The molecule has 27 heavy (non-hydrogen) atoms. The van der Waals surface area contributed by atoms with Gasteiger partial charge in [-0.1, -0.05) is 37.6 Å². The molecule has 2 aromatic rings. The van der Waals surface area contributed by atoms with E-state index in [0.717, 1.165) is 29.7 Å². The van der Waals surface area contributed by atoms with Crippen molar-refractivity contribution >= 4 is 23.3 Å². The monoisotopic (exact) mass is 364 g/mol. The van der Waals surface area contributed by atoms with E-state index in [9.17, 15) is 14.4 Å². The lowest BCUT2D eigenvalue weighted by molar-refractivity contribution is -0.116. The number of fused-ring (bicyclic) bond motifs is 1. The summed E-state index contributed by atoms with van der Waals surface area (Å²) >= 11 is 0. The molecule has 5 nitrogen and oxygen atoms in total. The summed E-state index contributed by atoms with van der Waals surface area (Å²) < 4.78 is 0. The zero-order chi connectivity index (χ0) is 19.4. The Labute approximate surface area is 159 Å². The largest absolute Gasteiger partial charge is 0.384 e. The Hall–Kier alpha value is -2.95. The van der Waals surface area contributed by atoms with Crippen LogP contribution < -0.4 is 5.32 Å². The molecule has 0 aromatic heterocycles. The molecule has 1 N–H and O–H groups in total. The fourth-order valence-electron chi connectivity index (χ4n) is 3.33. The van der Waals surface area contributed by atoms with Crippen LogP contribution in [0.5, 0.6) is 0 Å². The van der Waals surface area contributed by atoms with Crippen LogP contribution in [0.15, 0.2) is 42.5 Å². The van der Waals surface area contributed by atoms with Crippen LogP contribution in [0.2, 0.25) is 0 Å². The molecule has 0 aliphatic carbocycles. The quantitative estimate of drug-likeness (QED) is 0.723. The van der Waals surface area contributed by atoms with Crippen LogP contribution in [0.1, 0.15) is 58.5 Å². The van der Waals surface area contributed by atoms with Gasteiger partial charge in [-0.2, -0.15) is 0 Å². The molecular weight excluding hydrogens is 340 g/mol. The van der Waals surface area contributed by atoms with Gasteiger partial charge in [-0.3, -0.25) is 19.3 Å². The molecule has 0 atom stereocenters. The number of ketones is 1. The van der Waals surface area contributed by atoms with Gasteiger partial charge in [0.1, 0.15) is 5.78 Å². The van der Waals surface area contributed by atoms with Crippen LogP contribution in [-0.4, -0.2) is 29.0 Å². The number of benzene rings is 2. The SMILES string of the molecule is CCCc1cc(CN2C(=O)c3ccccc3C2=O)ccc1NCCC(C)=O. The molecule has 0 bridgehead atoms. The van der Waals surface area contributed by atoms with Crippen LogP contribution in [0, 0.1) is 0 Å². The average molecular weight is 364 g/mol. The number of rotatable bonds is 8. The van der Waals surface area contributed by atoms with E-state index in [0.29, 0.717) is 24.1 Å². The molecule has 5 heteroatoms. The first-order chi connectivity index (χ1) is 13.0. The van der Waals surface area contributed by atoms with Crippen molar-refractivity contribution in [1.29, 1.82) is 0 Å². The van der Waals surface area contributed by atoms with Gasteiger partial charge < -0.3 is 5.32 Å². The summed E-state index contributed by atoms with van der Waals surface area (Å²) in [7, 11) is 0. The number of nitrogens with zero attached hydrogens (tertiary/aromatic N) is 1. The van der Waals surface area contributed by atoms with Gasteiger partial charge in [0.25, 0.3) is 11.8 Å². The maximum absolute atomic E-state index is 12.6. The number of aryl methyl sites for hydroxylation is 1. The standard InChI is InChI=1S/C22H24N2O3/c1-3-6-17-13-16(9-10-20(17)23-12-11-15(2)25)14-24-21(26)18-7-4-5-8-19(18)22(24)27/h4-5,7-10,13,23H,3,6,11-12,14H2,1-2H3. The maximum Gasteiger partial charge on any atom is 0.261 e. The number of carbonyl (C=O) groups excluding carboxylic acids is 3. The number of hydrogen-bond donors (Lipinski definition) is 1. The van der Waals surface area contributed by atoms with Crippen molar-refractivity contribution < 1.29 is 14.4 Å². The molecule has 140 valence electrons. The van der Waals surface area contributed by atoms with Crippen molar-refractivity contribution in [2.45, 2.75) is 39.7 Å². The molecule has 1 heterocycles. The third kappa shape index (κ3) is 4.08. The molecule has 0 fully saturated rings. The maximum atomic E-state index is 12.6. The van der Waals surface area contributed by atoms with E-state index in [2.05, 4.69) is 12.2 Å². The fourth-order valence-corrected chi connectivity index (χ4v) is 3.33. The minimum absolute atomic E-state index is 0.154. The number of nitrogens with one attached hydrogen (secondary N) is 1. The minimum Gasteiger partial charge on any atom is -0.384 e. The molecule has 2 amide bonds. The highest BCUT2D eigenvalue weighted by Crippen LogP contribution is 2.26. The molecule has 1 aliphatic rings. The third-order valence-electron chi connectivity index (χ3n) is 4.70. The lowest BCUT2D eigenvalue weighted by atomic mass is 10.0. The van der Waals surface area contributed by atoms with Crippen LogP contribution in [0.4, 0.5) is 5.69 Å².